The van der Waals surface area contributed by atoms with E-state index in [4.69, 9.17) is 0 Å². The smallest absolute Gasteiger partial charge is 0.809 e. The van der Waals surface area contributed by atoms with E-state index in [1.54, 1.807) is 6.92 Å². The summed E-state index contributed by atoms with van der Waals surface area (Å²) in [6.45, 7) is 1.55. The van der Waals surface area contributed by atoms with Crippen molar-refractivity contribution in [3.05, 3.63) is 0 Å². The first-order chi connectivity index (χ1) is 3.52. The second kappa shape index (κ2) is 3.01. The van der Waals surface area contributed by atoms with Crippen molar-refractivity contribution < 1.29 is 48.6 Å². The van der Waals surface area contributed by atoms with Gasteiger partial charge in [0.1, 0.15) is 5.85 Å². The minimum absolute atomic E-state index is 0. The standard InChI is InChI=1S/C3H7O4P.Na/c1-2-3(7-2)8(4,5)6;/h2-3H,1H3,(H2,4,5,6);/q;+1/p-2/t2-,3+;/m1./s1. The van der Waals surface area contributed by atoms with Gasteiger partial charge in [0, 0.05) is 0 Å². The summed E-state index contributed by atoms with van der Waals surface area (Å²) < 4.78 is 14.3. The Kier molecular flexibility index (Phi) is 3.38. The van der Waals surface area contributed by atoms with Gasteiger partial charge in [0.25, 0.3) is 0 Å². The van der Waals surface area contributed by atoms with E-state index in [0.717, 1.165) is 0 Å². The molecule has 0 N–H and O–H groups in total. The van der Waals surface area contributed by atoms with Crippen LogP contribution in [0.2, 0.25) is 0 Å². The van der Waals surface area contributed by atoms with Crippen LogP contribution in [0.25, 0.3) is 0 Å². The molecule has 9 heavy (non-hydrogen) atoms. The van der Waals surface area contributed by atoms with Gasteiger partial charge in [-0.2, -0.15) is 0 Å². The predicted molar refractivity (Wildman–Crippen MR) is 21.9 cm³/mol. The van der Waals surface area contributed by atoms with E-state index in [2.05, 4.69) is 4.74 Å². The molecule has 0 aromatic rings. The fourth-order valence-corrected chi connectivity index (χ4v) is 1.36. The first-order valence-electron chi connectivity index (χ1n) is 2.19. The van der Waals surface area contributed by atoms with Crippen LogP contribution in [0, 0.1) is 0 Å². The zero-order chi connectivity index (χ0) is 6.36. The molecule has 2 atom stereocenters. The average Bonchev–Trinajstić information content (AvgIpc) is 2.13. The summed E-state index contributed by atoms with van der Waals surface area (Å²) in [4.78, 5) is 19.9. The molecule has 1 aliphatic heterocycles. The summed E-state index contributed by atoms with van der Waals surface area (Å²) in [5.41, 5.74) is 0. The van der Waals surface area contributed by atoms with Gasteiger partial charge in [0.2, 0.25) is 0 Å². The molecule has 0 bridgehead atoms. The SMILES string of the molecule is C[C@H]1O[C@H]1P(=O)([O-])[O-].[Na+]. The van der Waals surface area contributed by atoms with E-state index in [1.165, 1.54) is 0 Å². The molecule has 1 fully saturated rings. The third-order valence-electron chi connectivity index (χ3n) is 0.991. The monoisotopic (exact) mass is 159 g/mol. The molecule has 4 nitrogen and oxygen atoms in total. The number of epoxide rings is 1. The van der Waals surface area contributed by atoms with E-state index in [1.807, 2.05) is 0 Å². The quantitative estimate of drug-likeness (QED) is 0.220. The van der Waals surface area contributed by atoms with Gasteiger partial charge < -0.3 is 19.1 Å². The van der Waals surface area contributed by atoms with Crippen LogP contribution in [0.5, 0.6) is 0 Å². The van der Waals surface area contributed by atoms with E-state index in [9.17, 15) is 14.4 Å². The second-order valence-corrected chi connectivity index (χ2v) is 3.36. The van der Waals surface area contributed by atoms with Crippen LogP contribution in [-0.4, -0.2) is 11.9 Å². The molecule has 1 rings (SSSR count). The van der Waals surface area contributed by atoms with Gasteiger partial charge in [-0.25, -0.2) is 0 Å². The third kappa shape index (κ3) is 2.68. The van der Waals surface area contributed by atoms with E-state index >= 15 is 0 Å². The largest absolute Gasteiger partial charge is 1.00 e. The average molecular weight is 159 g/mol. The molecule has 0 aliphatic carbocycles. The van der Waals surface area contributed by atoms with Gasteiger partial charge in [-0.05, 0) is 14.5 Å². The molecule has 6 heteroatoms. The summed E-state index contributed by atoms with van der Waals surface area (Å²) in [6, 6.07) is 0. The zero-order valence-corrected chi connectivity index (χ0v) is 8.13. The molecule has 0 aromatic heterocycles. The van der Waals surface area contributed by atoms with Gasteiger partial charge in [-0.1, -0.05) is 0 Å². The van der Waals surface area contributed by atoms with Crippen LogP contribution in [0.15, 0.2) is 0 Å². The van der Waals surface area contributed by atoms with Gasteiger partial charge in [0.15, 0.2) is 0 Å². The van der Waals surface area contributed by atoms with Crippen molar-refractivity contribution in [3.63, 3.8) is 0 Å². The van der Waals surface area contributed by atoms with Crippen molar-refractivity contribution in [1.29, 1.82) is 0 Å². The normalized spacial score (nSPS) is 33.2. The molecule has 0 aromatic carbocycles. The molecule has 0 spiro atoms. The molecule has 1 aliphatic rings. The Morgan fingerprint density at radius 3 is 1.89 bits per heavy atom. The van der Waals surface area contributed by atoms with Gasteiger partial charge in [-0.15, -0.1) is 0 Å². The van der Waals surface area contributed by atoms with Crippen LogP contribution in [0.4, 0.5) is 0 Å². The molecule has 1 saturated heterocycles. The van der Waals surface area contributed by atoms with E-state index < -0.39 is 13.4 Å². The molecular weight excluding hydrogens is 154 g/mol. The summed E-state index contributed by atoms with van der Waals surface area (Å²) in [7, 11) is -4.40. The molecular formula is C3H5NaO4P-. The zero-order valence-electron chi connectivity index (χ0n) is 5.23. The van der Waals surface area contributed by atoms with Crippen molar-refractivity contribution in [2.75, 3.05) is 0 Å². The van der Waals surface area contributed by atoms with Crippen molar-refractivity contribution in [3.8, 4) is 0 Å². The number of ether oxygens (including phenoxy) is 1. The molecule has 0 unspecified atom stereocenters. The third-order valence-corrected chi connectivity index (χ3v) is 2.16. The predicted octanol–water partition coefficient (Wildman–Crippen LogP) is -4.35. The van der Waals surface area contributed by atoms with Gasteiger partial charge in [0.05, 0.1) is 6.10 Å². The fourth-order valence-electron chi connectivity index (χ4n) is 0.506. The van der Waals surface area contributed by atoms with Crippen molar-refractivity contribution >= 4 is 7.60 Å². The van der Waals surface area contributed by atoms with Crippen LogP contribution >= 0.6 is 7.60 Å². The van der Waals surface area contributed by atoms with E-state index in [-0.39, 0.29) is 35.7 Å². The summed E-state index contributed by atoms with van der Waals surface area (Å²) in [5, 5.41) is 0. The van der Waals surface area contributed by atoms with Crippen LogP contribution in [-0.2, 0) is 9.30 Å². The Labute approximate surface area is 75.0 Å². The molecule has 0 amide bonds. The molecule has 0 saturated carbocycles. The van der Waals surface area contributed by atoms with Crippen molar-refractivity contribution in [2.24, 2.45) is 0 Å². The Balaban J connectivity index is 0.000000640. The molecule has 0 radical (unpaired) electrons. The summed E-state index contributed by atoms with van der Waals surface area (Å²) in [5.74, 6) is -1.04. The first kappa shape index (κ1) is 10.1. The van der Waals surface area contributed by atoms with Crippen LogP contribution < -0.4 is 39.3 Å². The Morgan fingerprint density at radius 2 is 1.89 bits per heavy atom. The van der Waals surface area contributed by atoms with Gasteiger partial charge >= 0.3 is 29.6 Å². The van der Waals surface area contributed by atoms with Crippen molar-refractivity contribution in [1.82, 2.24) is 0 Å². The minimum atomic E-state index is -4.40. The topological polar surface area (TPSA) is 75.7 Å². The maximum atomic E-state index is 9.95. The minimum Gasteiger partial charge on any atom is -0.809 e. The molecule has 48 valence electrons. The second-order valence-electron chi connectivity index (χ2n) is 1.77. The summed E-state index contributed by atoms with van der Waals surface area (Å²) >= 11 is 0. The van der Waals surface area contributed by atoms with E-state index in [0.29, 0.717) is 0 Å². The molecule has 1 heterocycles. The van der Waals surface area contributed by atoms with Crippen molar-refractivity contribution in [2.45, 2.75) is 18.9 Å². The number of hydrogen-bond acceptors (Lipinski definition) is 4. The summed E-state index contributed by atoms with van der Waals surface area (Å²) in [6.07, 6.45) is -0.379. The maximum absolute atomic E-state index is 9.95. The van der Waals surface area contributed by atoms with Crippen LogP contribution in [0.1, 0.15) is 6.92 Å². The van der Waals surface area contributed by atoms with Crippen LogP contribution in [0.3, 0.4) is 0 Å². The fraction of sp³-hybridized carbons (Fsp3) is 1.00. The Morgan fingerprint density at radius 1 is 1.56 bits per heavy atom. The number of rotatable bonds is 1. The maximum Gasteiger partial charge on any atom is 1.00 e. The number of hydrogen-bond donors (Lipinski definition) is 0. The Hall–Kier alpha value is 1.11. The first-order valence-corrected chi connectivity index (χ1v) is 3.80. The van der Waals surface area contributed by atoms with Gasteiger partial charge in [-0.3, -0.25) is 0 Å². The Bertz CT molecular complexity index is 143.